The number of β-amino-alcohol motifs (C(OH)–C–C–N with tert-alkyl or cyclic N) is 1. The van der Waals surface area contributed by atoms with Crippen molar-refractivity contribution in [2.75, 3.05) is 43.9 Å². The number of hydrogen-bond donors (Lipinski definition) is 4. The Hall–Kier alpha value is -3.05. The van der Waals surface area contributed by atoms with Crippen molar-refractivity contribution in [3.63, 3.8) is 0 Å². The van der Waals surface area contributed by atoms with Crippen LogP contribution in [0.25, 0.3) is 5.65 Å². The molecule has 2 aromatic rings. The van der Waals surface area contributed by atoms with Crippen LogP contribution >= 0.6 is 0 Å². The quantitative estimate of drug-likeness (QED) is 0.478. The fraction of sp³-hybridized carbons (Fsp3) is 0.542. The maximum Gasteiger partial charge on any atom is 0.163 e. The van der Waals surface area contributed by atoms with E-state index >= 15 is 0 Å². The van der Waals surface area contributed by atoms with Gasteiger partial charge in [-0.2, -0.15) is 9.61 Å². The SMILES string of the molecule is CN1C(CNc2cc(NC[C@H]3CCNC[C@@H]3O)nc3c(C4CC4)cnn23)=NC2C=C(F)C(F)=CC21. The summed E-state index contributed by atoms with van der Waals surface area (Å²) in [5.74, 6) is 1.14. The average molecular weight is 485 g/mol. The minimum atomic E-state index is -0.854. The molecule has 2 aliphatic heterocycles. The molecule has 4 aliphatic rings. The van der Waals surface area contributed by atoms with Crippen LogP contribution in [0.15, 0.2) is 41.1 Å². The van der Waals surface area contributed by atoms with Gasteiger partial charge in [-0.15, -0.1) is 0 Å². The standard InChI is InChI=1S/C24H30F2N8O/c1-33-19-7-17(26)16(25)6-18(19)31-23(33)12-29-22-8-21(28-9-14-4-5-27-11-20(14)35)32-24-15(13-2-3-13)10-30-34(22)24/h6-8,10,13-14,18-20,27,29,35H,2-5,9,11-12H2,1H3,(H,28,32)/t14-,18?,19?,20+/m1/s1. The number of aliphatic imine (C=N–C) groups is 1. The van der Waals surface area contributed by atoms with Crippen molar-refractivity contribution in [2.24, 2.45) is 10.9 Å². The maximum atomic E-state index is 13.8. The number of anilines is 2. The molecule has 0 aromatic carbocycles. The highest BCUT2D eigenvalue weighted by Gasteiger charge is 2.35. The molecule has 2 fully saturated rings. The number of amidine groups is 1. The monoisotopic (exact) mass is 484 g/mol. The second kappa shape index (κ2) is 8.87. The molecule has 0 spiro atoms. The van der Waals surface area contributed by atoms with Gasteiger partial charge in [-0.25, -0.2) is 13.8 Å². The summed E-state index contributed by atoms with van der Waals surface area (Å²) in [6, 6.07) is 1.14. The number of piperidine rings is 1. The lowest BCUT2D eigenvalue weighted by Gasteiger charge is -2.28. The lowest BCUT2D eigenvalue weighted by Crippen LogP contribution is -2.43. The summed E-state index contributed by atoms with van der Waals surface area (Å²) in [6.45, 7) is 2.51. The van der Waals surface area contributed by atoms with Crippen LogP contribution in [0.4, 0.5) is 20.4 Å². The Kier molecular flexibility index (Phi) is 5.68. The summed E-state index contributed by atoms with van der Waals surface area (Å²) >= 11 is 0. The number of rotatable bonds is 7. The molecular weight excluding hydrogens is 454 g/mol. The Morgan fingerprint density at radius 1 is 1.17 bits per heavy atom. The van der Waals surface area contributed by atoms with Crippen LogP contribution in [0.1, 0.15) is 30.7 Å². The zero-order valence-corrected chi connectivity index (χ0v) is 19.6. The Bertz CT molecular complexity index is 1220. The lowest BCUT2D eigenvalue weighted by molar-refractivity contribution is 0.0883. The van der Waals surface area contributed by atoms with Crippen LogP contribution in [-0.2, 0) is 0 Å². The second-order valence-electron chi connectivity index (χ2n) is 9.86. The van der Waals surface area contributed by atoms with E-state index in [0.717, 1.165) is 48.7 Å². The van der Waals surface area contributed by atoms with Crippen molar-refractivity contribution in [3.05, 3.63) is 41.6 Å². The topological polar surface area (TPSA) is 102 Å². The van der Waals surface area contributed by atoms with E-state index < -0.39 is 17.7 Å². The molecule has 0 amide bonds. The number of nitrogens with zero attached hydrogens (tertiary/aromatic N) is 5. The fourth-order valence-electron chi connectivity index (χ4n) is 5.13. The van der Waals surface area contributed by atoms with Crippen LogP contribution in [0.5, 0.6) is 0 Å². The third-order valence-corrected chi connectivity index (χ3v) is 7.44. The van der Waals surface area contributed by atoms with Gasteiger partial charge >= 0.3 is 0 Å². The number of aromatic nitrogens is 3. The van der Waals surface area contributed by atoms with E-state index in [-0.39, 0.29) is 18.1 Å². The van der Waals surface area contributed by atoms with E-state index in [9.17, 15) is 13.9 Å². The smallest absolute Gasteiger partial charge is 0.163 e. The van der Waals surface area contributed by atoms with Gasteiger partial charge in [0.15, 0.2) is 17.3 Å². The minimum absolute atomic E-state index is 0.158. The van der Waals surface area contributed by atoms with E-state index in [0.29, 0.717) is 31.4 Å². The zero-order valence-electron chi connectivity index (χ0n) is 19.6. The molecule has 9 nitrogen and oxygen atoms in total. The molecule has 1 saturated heterocycles. The van der Waals surface area contributed by atoms with Gasteiger partial charge in [-0.3, -0.25) is 4.99 Å². The molecule has 4 N–H and O–H groups in total. The number of aliphatic hydroxyl groups is 1. The predicted molar refractivity (Wildman–Crippen MR) is 130 cm³/mol. The summed E-state index contributed by atoms with van der Waals surface area (Å²) in [4.78, 5) is 11.3. The Morgan fingerprint density at radius 2 is 2.00 bits per heavy atom. The van der Waals surface area contributed by atoms with Gasteiger partial charge in [-0.1, -0.05) is 0 Å². The van der Waals surface area contributed by atoms with Gasteiger partial charge in [0.05, 0.1) is 30.9 Å². The Labute approximate surface area is 202 Å². The summed E-state index contributed by atoms with van der Waals surface area (Å²) in [5.41, 5.74) is 1.96. The van der Waals surface area contributed by atoms with Gasteiger partial charge in [0, 0.05) is 37.7 Å². The average Bonchev–Trinajstić information content (AvgIpc) is 3.53. The van der Waals surface area contributed by atoms with Crippen molar-refractivity contribution >= 4 is 23.1 Å². The van der Waals surface area contributed by atoms with Gasteiger partial charge in [0.25, 0.3) is 0 Å². The van der Waals surface area contributed by atoms with Crippen molar-refractivity contribution < 1.29 is 13.9 Å². The van der Waals surface area contributed by atoms with Crippen molar-refractivity contribution in [3.8, 4) is 0 Å². The molecule has 2 aromatic heterocycles. The number of halogens is 2. The normalized spacial score (nSPS) is 28.5. The summed E-state index contributed by atoms with van der Waals surface area (Å²) < 4.78 is 29.3. The largest absolute Gasteiger partial charge is 0.391 e. The first-order chi connectivity index (χ1) is 17.0. The van der Waals surface area contributed by atoms with Crippen molar-refractivity contribution in [1.29, 1.82) is 0 Å². The molecule has 4 atom stereocenters. The Morgan fingerprint density at radius 3 is 2.80 bits per heavy atom. The van der Waals surface area contributed by atoms with Crippen molar-refractivity contribution in [1.82, 2.24) is 24.8 Å². The molecule has 2 unspecified atom stereocenters. The molecule has 186 valence electrons. The molecule has 4 heterocycles. The molecule has 0 bridgehead atoms. The van der Waals surface area contributed by atoms with Crippen LogP contribution in [0, 0.1) is 5.92 Å². The first kappa shape index (κ1) is 22.4. The van der Waals surface area contributed by atoms with Crippen LogP contribution in [-0.4, -0.2) is 81.9 Å². The van der Waals surface area contributed by atoms with E-state index in [1.165, 1.54) is 12.2 Å². The number of aliphatic hydroxyl groups excluding tert-OH is 1. The highest BCUT2D eigenvalue weighted by atomic mass is 19.2. The molecule has 2 aliphatic carbocycles. The molecule has 1 saturated carbocycles. The number of nitrogens with one attached hydrogen (secondary N) is 3. The summed E-state index contributed by atoms with van der Waals surface area (Å²) in [7, 11) is 1.84. The van der Waals surface area contributed by atoms with Gasteiger partial charge in [-0.05, 0) is 43.9 Å². The molecule has 11 heteroatoms. The van der Waals surface area contributed by atoms with E-state index in [1.54, 1.807) is 4.52 Å². The van der Waals surface area contributed by atoms with Crippen LogP contribution in [0.3, 0.4) is 0 Å². The first-order valence-electron chi connectivity index (χ1n) is 12.3. The highest BCUT2D eigenvalue weighted by molar-refractivity contribution is 5.89. The Balaban J connectivity index is 1.23. The van der Waals surface area contributed by atoms with E-state index in [2.05, 4.69) is 26.0 Å². The molecule has 0 radical (unpaired) electrons. The minimum Gasteiger partial charge on any atom is -0.391 e. The second-order valence-corrected chi connectivity index (χ2v) is 9.86. The van der Waals surface area contributed by atoms with E-state index in [4.69, 9.17) is 4.98 Å². The number of likely N-dealkylation sites (N-methyl/N-ethyl adjacent to an activating group) is 1. The fourth-order valence-corrected chi connectivity index (χ4v) is 5.13. The van der Waals surface area contributed by atoms with Gasteiger partial charge < -0.3 is 26.0 Å². The number of hydrogen-bond acceptors (Lipinski definition) is 8. The lowest BCUT2D eigenvalue weighted by atomic mass is 9.95. The van der Waals surface area contributed by atoms with Gasteiger partial charge in [0.2, 0.25) is 0 Å². The van der Waals surface area contributed by atoms with Crippen molar-refractivity contribution in [2.45, 2.75) is 43.4 Å². The number of allylic oxidation sites excluding steroid dienone is 2. The zero-order chi connectivity index (χ0) is 24.1. The predicted octanol–water partition coefficient (Wildman–Crippen LogP) is 2.20. The molecular formula is C24H30F2N8O. The molecule has 35 heavy (non-hydrogen) atoms. The summed E-state index contributed by atoms with van der Waals surface area (Å²) in [5, 5.41) is 24.9. The third-order valence-electron chi connectivity index (χ3n) is 7.44. The van der Waals surface area contributed by atoms with Crippen LogP contribution in [0.2, 0.25) is 0 Å². The summed E-state index contributed by atoms with van der Waals surface area (Å²) in [6.07, 6.45) is 7.22. The highest BCUT2D eigenvalue weighted by Crippen LogP contribution is 2.42. The third kappa shape index (κ3) is 4.27. The van der Waals surface area contributed by atoms with E-state index in [1.807, 2.05) is 24.2 Å². The van der Waals surface area contributed by atoms with Crippen LogP contribution < -0.4 is 16.0 Å². The maximum absolute atomic E-state index is 13.8. The first-order valence-corrected chi connectivity index (χ1v) is 12.3. The van der Waals surface area contributed by atoms with Gasteiger partial charge in [0.1, 0.15) is 17.5 Å². The number of fused-ring (bicyclic) bond motifs is 2. The molecule has 6 rings (SSSR count).